The Morgan fingerprint density at radius 3 is 2.42 bits per heavy atom. The van der Waals surface area contributed by atoms with Crippen molar-refractivity contribution in [2.24, 2.45) is 5.92 Å². The minimum absolute atomic E-state index is 0.0612. The van der Waals surface area contributed by atoms with E-state index < -0.39 is 0 Å². The number of ether oxygens (including phenoxy) is 2. The largest absolute Gasteiger partial charge is 0.465 e. The Labute approximate surface area is 153 Å². The van der Waals surface area contributed by atoms with Gasteiger partial charge in [0.05, 0.1) is 19.4 Å². The van der Waals surface area contributed by atoms with Crippen LogP contribution in [0.2, 0.25) is 0 Å². The lowest BCUT2D eigenvalue weighted by Gasteiger charge is -2.20. The molecule has 0 bridgehead atoms. The molecular formula is C19H27BrO4. The van der Waals surface area contributed by atoms with Crippen molar-refractivity contribution in [2.75, 3.05) is 6.61 Å². The van der Waals surface area contributed by atoms with Crippen LogP contribution in [0.15, 0.2) is 28.7 Å². The molecule has 0 amide bonds. The van der Waals surface area contributed by atoms with E-state index in [1.807, 2.05) is 38.1 Å². The van der Waals surface area contributed by atoms with Crippen molar-refractivity contribution >= 4 is 27.9 Å². The molecule has 0 aromatic heterocycles. The zero-order valence-electron chi connectivity index (χ0n) is 14.7. The van der Waals surface area contributed by atoms with Crippen LogP contribution in [0.25, 0.3) is 0 Å². The van der Waals surface area contributed by atoms with Gasteiger partial charge in [-0.15, -0.1) is 0 Å². The van der Waals surface area contributed by atoms with Crippen molar-refractivity contribution in [2.45, 2.75) is 59.0 Å². The van der Waals surface area contributed by atoms with Gasteiger partial charge in [-0.25, -0.2) is 0 Å². The molecule has 1 unspecified atom stereocenters. The van der Waals surface area contributed by atoms with Gasteiger partial charge in [-0.2, -0.15) is 0 Å². The Morgan fingerprint density at radius 2 is 1.79 bits per heavy atom. The number of esters is 2. The second-order valence-electron chi connectivity index (χ2n) is 6.12. The first-order valence-electron chi connectivity index (χ1n) is 8.52. The van der Waals surface area contributed by atoms with Crippen LogP contribution in [0.3, 0.4) is 0 Å². The number of carbonyl (C=O) groups is 2. The summed E-state index contributed by atoms with van der Waals surface area (Å²) in [7, 11) is 0. The first kappa shape index (κ1) is 20.7. The SMILES string of the molecule is CCCC(OC(=O)CCC(=O)OCCc1ccccc1Br)C(C)C. The monoisotopic (exact) mass is 398 g/mol. The second kappa shape index (κ2) is 11.2. The molecule has 4 nitrogen and oxygen atoms in total. The van der Waals surface area contributed by atoms with Gasteiger partial charge in [0.1, 0.15) is 6.10 Å². The number of halogens is 1. The third-order valence-electron chi connectivity index (χ3n) is 3.73. The smallest absolute Gasteiger partial charge is 0.306 e. The third-order valence-corrected chi connectivity index (χ3v) is 4.50. The van der Waals surface area contributed by atoms with E-state index >= 15 is 0 Å². The van der Waals surface area contributed by atoms with Crippen molar-refractivity contribution in [1.29, 1.82) is 0 Å². The summed E-state index contributed by atoms with van der Waals surface area (Å²) >= 11 is 3.46. The lowest BCUT2D eigenvalue weighted by atomic mass is 10.0. The van der Waals surface area contributed by atoms with Gasteiger partial charge >= 0.3 is 11.9 Å². The number of hydrogen-bond acceptors (Lipinski definition) is 4. The van der Waals surface area contributed by atoms with E-state index in [4.69, 9.17) is 9.47 Å². The Bertz CT molecular complexity index is 528. The maximum Gasteiger partial charge on any atom is 0.306 e. The van der Waals surface area contributed by atoms with E-state index in [1.54, 1.807) is 0 Å². The predicted octanol–water partition coefficient (Wildman–Crippen LogP) is 4.68. The summed E-state index contributed by atoms with van der Waals surface area (Å²) in [6.45, 7) is 6.43. The molecule has 0 aliphatic heterocycles. The molecule has 5 heteroatoms. The lowest BCUT2D eigenvalue weighted by Crippen LogP contribution is -2.24. The molecule has 0 aliphatic rings. The Morgan fingerprint density at radius 1 is 1.12 bits per heavy atom. The Kier molecular flexibility index (Phi) is 9.69. The highest BCUT2D eigenvalue weighted by molar-refractivity contribution is 9.10. The van der Waals surface area contributed by atoms with Gasteiger partial charge in [0, 0.05) is 10.9 Å². The molecule has 0 spiro atoms. The van der Waals surface area contributed by atoms with Crippen LogP contribution in [0.1, 0.15) is 52.0 Å². The summed E-state index contributed by atoms with van der Waals surface area (Å²) in [5, 5.41) is 0. The first-order valence-corrected chi connectivity index (χ1v) is 9.31. The quantitative estimate of drug-likeness (QED) is 0.536. The molecule has 0 saturated carbocycles. The minimum Gasteiger partial charge on any atom is -0.465 e. The van der Waals surface area contributed by atoms with E-state index in [2.05, 4.69) is 22.9 Å². The summed E-state index contributed by atoms with van der Waals surface area (Å²) < 4.78 is 11.6. The predicted molar refractivity (Wildman–Crippen MR) is 97.7 cm³/mol. The van der Waals surface area contributed by atoms with Gasteiger partial charge in [0.2, 0.25) is 0 Å². The first-order chi connectivity index (χ1) is 11.4. The van der Waals surface area contributed by atoms with Gasteiger partial charge in [0.25, 0.3) is 0 Å². The zero-order chi connectivity index (χ0) is 17.9. The molecule has 1 aromatic carbocycles. The third kappa shape index (κ3) is 7.95. The molecule has 0 saturated heterocycles. The van der Waals surface area contributed by atoms with Crippen LogP contribution >= 0.6 is 15.9 Å². The molecule has 0 radical (unpaired) electrons. The second-order valence-corrected chi connectivity index (χ2v) is 6.98. The van der Waals surface area contributed by atoms with Gasteiger partial charge < -0.3 is 9.47 Å². The molecular weight excluding hydrogens is 372 g/mol. The maximum atomic E-state index is 11.8. The van der Waals surface area contributed by atoms with Gasteiger partial charge in [0.15, 0.2) is 0 Å². The molecule has 1 atom stereocenters. The summed E-state index contributed by atoms with van der Waals surface area (Å²) in [5.74, 6) is -0.411. The lowest BCUT2D eigenvalue weighted by molar-refractivity contribution is -0.155. The summed E-state index contributed by atoms with van der Waals surface area (Å²) in [5.41, 5.74) is 1.09. The number of rotatable bonds is 10. The topological polar surface area (TPSA) is 52.6 Å². The number of carbonyl (C=O) groups excluding carboxylic acids is 2. The van der Waals surface area contributed by atoms with E-state index in [0.717, 1.165) is 22.9 Å². The average molecular weight is 399 g/mol. The standard InChI is InChI=1S/C19H27BrO4/c1-4-7-17(14(2)3)24-19(22)11-10-18(21)23-13-12-15-8-5-6-9-16(15)20/h5-6,8-9,14,17H,4,7,10-13H2,1-3H3. The highest BCUT2D eigenvalue weighted by Gasteiger charge is 2.18. The molecule has 0 aliphatic carbocycles. The van der Waals surface area contributed by atoms with Crippen LogP contribution < -0.4 is 0 Å². The van der Waals surface area contributed by atoms with Crippen LogP contribution in [0.4, 0.5) is 0 Å². The van der Waals surface area contributed by atoms with Crippen molar-refractivity contribution in [3.05, 3.63) is 34.3 Å². The van der Waals surface area contributed by atoms with Crippen LogP contribution in [-0.2, 0) is 25.5 Å². The van der Waals surface area contributed by atoms with Crippen molar-refractivity contribution in [1.82, 2.24) is 0 Å². The average Bonchev–Trinajstić information content (AvgIpc) is 2.54. The summed E-state index contributed by atoms with van der Waals surface area (Å²) in [4.78, 5) is 23.6. The molecule has 0 N–H and O–H groups in total. The highest BCUT2D eigenvalue weighted by atomic mass is 79.9. The van der Waals surface area contributed by atoms with Crippen LogP contribution in [0.5, 0.6) is 0 Å². The molecule has 1 rings (SSSR count). The van der Waals surface area contributed by atoms with Gasteiger partial charge in [-0.05, 0) is 24.0 Å². The fourth-order valence-corrected chi connectivity index (χ4v) is 2.78. The molecule has 24 heavy (non-hydrogen) atoms. The van der Waals surface area contributed by atoms with Crippen molar-refractivity contribution in [3.8, 4) is 0 Å². The van der Waals surface area contributed by atoms with Crippen molar-refractivity contribution in [3.63, 3.8) is 0 Å². The van der Waals surface area contributed by atoms with Gasteiger partial charge in [-0.1, -0.05) is 61.3 Å². The zero-order valence-corrected chi connectivity index (χ0v) is 16.3. The highest BCUT2D eigenvalue weighted by Crippen LogP contribution is 2.16. The van der Waals surface area contributed by atoms with E-state index in [9.17, 15) is 9.59 Å². The molecule has 1 aromatic rings. The van der Waals surface area contributed by atoms with Gasteiger partial charge in [-0.3, -0.25) is 9.59 Å². The Hall–Kier alpha value is -1.36. The summed E-state index contributed by atoms with van der Waals surface area (Å²) in [6.07, 6.45) is 2.51. The maximum absolute atomic E-state index is 11.8. The number of hydrogen-bond donors (Lipinski definition) is 0. The Balaban J connectivity index is 2.25. The van der Waals surface area contributed by atoms with Crippen LogP contribution in [-0.4, -0.2) is 24.6 Å². The van der Waals surface area contributed by atoms with E-state index in [-0.39, 0.29) is 36.8 Å². The normalized spacial score (nSPS) is 12.0. The van der Waals surface area contributed by atoms with E-state index in [1.165, 1.54) is 0 Å². The number of benzene rings is 1. The minimum atomic E-state index is -0.365. The molecule has 0 heterocycles. The fourth-order valence-electron chi connectivity index (χ4n) is 2.29. The fraction of sp³-hybridized carbons (Fsp3) is 0.579. The van der Waals surface area contributed by atoms with E-state index in [0.29, 0.717) is 13.0 Å². The molecule has 134 valence electrons. The summed E-state index contributed by atoms with van der Waals surface area (Å²) in [6, 6.07) is 7.82. The van der Waals surface area contributed by atoms with Crippen LogP contribution in [0, 0.1) is 5.92 Å². The molecule has 0 fully saturated rings. The van der Waals surface area contributed by atoms with Crippen molar-refractivity contribution < 1.29 is 19.1 Å².